The molecular formula is C11H12ClNOS2. The molecule has 0 amide bonds. The van der Waals surface area contributed by atoms with Gasteiger partial charge in [-0.3, -0.25) is 0 Å². The molecule has 0 aliphatic heterocycles. The second-order valence-corrected chi connectivity index (χ2v) is 5.99. The Kier molecular flexibility index (Phi) is 4.37. The molecule has 0 fully saturated rings. The first-order valence-electron chi connectivity index (χ1n) is 4.94. The number of hydrogen-bond acceptors (Lipinski definition) is 4. The highest BCUT2D eigenvalue weighted by Gasteiger charge is 2.16. The summed E-state index contributed by atoms with van der Waals surface area (Å²) < 4.78 is 0.794. The van der Waals surface area contributed by atoms with E-state index in [1.54, 1.807) is 22.7 Å². The van der Waals surface area contributed by atoms with E-state index in [1.807, 2.05) is 18.2 Å². The van der Waals surface area contributed by atoms with E-state index in [4.69, 9.17) is 16.7 Å². The largest absolute Gasteiger partial charge is 0.395 e. The molecule has 0 saturated carbocycles. The number of nitrogens with one attached hydrogen (secondary N) is 1. The molecule has 0 aliphatic rings. The van der Waals surface area contributed by atoms with Crippen LogP contribution in [0.1, 0.15) is 15.8 Å². The Bertz CT molecular complexity index is 427. The third-order valence-corrected chi connectivity index (χ3v) is 4.40. The Morgan fingerprint density at radius 2 is 2.19 bits per heavy atom. The van der Waals surface area contributed by atoms with Gasteiger partial charge in [0.15, 0.2) is 0 Å². The van der Waals surface area contributed by atoms with Crippen molar-refractivity contribution >= 4 is 34.3 Å². The van der Waals surface area contributed by atoms with Gasteiger partial charge >= 0.3 is 0 Å². The molecule has 0 saturated heterocycles. The first kappa shape index (κ1) is 12.1. The van der Waals surface area contributed by atoms with Gasteiger partial charge in [-0.25, -0.2) is 0 Å². The minimum absolute atomic E-state index is 0.140. The van der Waals surface area contributed by atoms with Crippen LogP contribution in [0, 0.1) is 0 Å². The van der Waals surface area contributed by atoms with Gasteiger partial charge in [0.1, 0.15) is 0 Å². The summed E-state index contributed by atoms with van der Waals surface area (Å²) in [5, 5.41) is 14.3. The lowest BCUT2D eigenvalue weighted by Gasteiger charge is -2.15. The van der Waals surface area contributed by atoms with E-state index in [-0.39, 0.29) is 12.6 Å². The topological polar surface area (TPSA) is 32.3 Å². The molecule has 86 valence electrons. The van der Waals surface area contributed by atoms with Crippen LogP contribution in [-0.2, 0) is 0 Å². The fraction of sp³-hybridized carbons (Fsp3) is 0.273. The molecule has 2 rings (SSSR count). The Hall–Kier alpha value is -0.390. The third-order valence-electron chi connectivity index (χ3n) is 2.17. The first-order chi connectivity index (χ1) is 7.81. The van der Waals surface area contributed by atoms with Crippen molar-refractivity contribution in [2.24, 2.45) is 0 Å². The fourth-order valence-corrected chi connectivity index (χ4v) is 3.54. The average molecular weight is 274 g/mol. The summed E-state index contributed by atoms with van der Waals surface area (Å²) in [5.74, 6) is 0. The minimum Gasteiger partial charge on any atom is -0.395 e. The number of halogens is 1. The van der Waals surface area contributed by atoms with Crippen molar-refractivity contribution in [2.75, 3.05) is 13.2 Å². The van der Waals surface area contributed by atoms with Crippen molar-refractivity contribution in [1.82, 2.24) is 5.32 Å². The van der Waals surface area contributed by atoms with E-state index < -0.39 is 0 Å². The summed E-state index contributed by atoms with van der Waals surface area (Å²) in [6.45, 7) is 0.721. The maximum absolute atomic E-state index is 8.88. The summed E-state index contributed by atoms with van der Waals surface area (Å²) >= 11 is 9.22. The summed E-state index contributed by atoms with van der Waals surface area (Å²) in [7, 11) is 0. The summed E-state index contributed by atoms with van der Waals surface area (Å²) in [4.78, 5) is 2.42. The zero-order valence-corrected chi connectivity index (χ0v) is 10.9. The van der Waals surface area contributed by atoms with Gasteiger partial charge in [0, 0.05) is 16.3 Å². The normalized spacial score (nSPS) is 12.9. The Morgan fingerprint density at radius 3 is 2.75 bits per heavy atom. The van der Waals surface area contributed by atoms with E-state index in [2.05, 4.69) is 16.8 Å². The predicted molar refractivity (Wildman–Crippen MR) is 70.6 cm³/mol. The van der Waals surface area contributed by atoms with Crippen LogP contribution in [-0.4, -0.2) is 18.3 Å². The van der Waals surface area contributed by atoms with Crippen molar-refractivity contribution < 1.29 is 5.11 Å². The second kappa shape index (κ2) is 5.80. The van der Waals surface area contributed by atoms with Crippen LogP contribution in [0.4, 0.5) is 0 Å². The molecule has 0 spiro atoms. The van der Waals surface area contributed by atoms with Gasteiger partial charge in [-0.1, -0.05) is 17.7 Å². The maximum Gasteiger partial charge on any atom is 0.0931 e. The van der Waals surface area contributed by atoms with E-state index in [0.717, 1.165) is 4.34 Å². The Balaban J connectivity index is 2.21. The predicted octanol–water partition coefficient (Wildman–Crippen LogP) is 3.13. The molecule has 2 aromatic rings. The molecule has 5 heteroatoms. The number of aliphatic hydroxyl groups is 1. The van der Waals surface area contributed by atoms with Gasteiger partial charge in [-0.05, 0) is 23.6 Å². The number of hydrogen-bond donors (Lipinski definition) is 2. The van der Waals surface area contributed by atoms with Crippen LogP contribution in [0.15, 0.2) is 29.6 Å². The second-order valence-electron chi connectivity index (χ2n) is 3.27. The molecule has 0 aromatic carbocycles. The smallest absolute Gasteiger partial charge is 0.0931 e. The van der Waals surface area contributed by atoms with Crippen molar-refractivity contribution in [2.45, 2.75) is 6.04 Å². The van der Waals surface area contributed by atoms with Crippen LogP contribution in [0.5, 0.6) is 0 Å². The highest BCUT2D eigenvalue weighted by molar-refractivity contribution is 7.16. The molecule has 0 bridgehead atoms. The standard InChI is InChI=1S/C11H12ClNOS2/c12-10-4-3-9(16-10)11(13-5-6-14)8-2-1-7-15-8/h1-4,7,11,13-14H,5-6H2. The molecule has 2 nitrogen and oxygen atoms in total. The molecule has 2 aromatic heterocycles. The van der Waals surface area contributed by atoms with Crippen LogP contribution in [0.25, 0.3) is 0 Å². The van der Waals surface area contributed by atoms with Gasteiger partial charge < -0.3 is 10.4 Å². The maximum atomic E-state index is 8.88. The summed E-state index contributed by atoms with van der Waals surface area (Å²) in [5.41, 5.74) is 0. The van der Waals surface area contributed by atoms with Crippen LogP contribution in [0.2, 0.25) is 4.34 Å². The van der Waals surface area contributed by atoms with Crippen LogP contribution >= 0.6 is 34.3 Å². The lowest BCUT2D eigenvalue weighted by Crippen LogP contribution is -2.23. The molecule has 0 aliphatic carbocycles. The molecule has 0 radical (unpaired) electrons. The van der Waals surface area contributed by atoms with Crippen molar-refractivity contribution in [3.05, 3.63) is 43.7 Å². The SMILES string of the molecule is OCCNC(c1cccs1)c1ccc(Cl)s1. The minimum atomic E-state index is 0.140. The first-order valence-corrected chi connectivity index (χ1v) is 7.01. The Morgan fingerprint density at radius 1 is 1.31 bits per heavy atom. The molecule has 16 heavy (non-hydrogen) atoms. The van der Waals surface area contributed by atoms with Crippen LogP contribution in [0.3, 0.4) is 0 Å². The van der Waals surface area contributed by atoms with E-state index in [1.165, 1.54) is 9.75 Å². The number of thiophene rings is 2. The summed E-state index contributed by atoms with van der Waals surface area (Å²) in [6.07, 6.45) is 0. The molecule has 1 unspecified atom stereocenters. The molecule has 2 N–H and O–H groups in total. The van der Waals surface area contributed by atoms with E-state index in [0.29, 0.717) is 6.54 Å². The van der Waals surface area contributed by atoms with E-state index >= 15 is 0 Å². The Labute approximate surface area is 108 Å². The quantitative estimate of drug-likeness (QED) is 0.877. The summed E-state index contributed by atoms with van der Waals surface area (Å²) in [6, 6.07) is 8.20. The third kappa shape index (κ3) is 2.84. The monoisotopic (exact) mass is 273 g/mol. The van der Waals surface area contributed by atoms with Crippen LogP contribution < -0.4 is 5.32 Å². The lowest BCUT2D eigenvalue weighted by molar-refractivity contribution is 0.288. The average Bonchev–Trinajstić information content (AvgIpc) is 2.91. The zero-order valence-electron chi connectivity index (χ0n) is 8.52. The lowest BCUT2D eigenvalue weighted by atomic mass is 10.2. The van der Waals surface area contributed by atoms with Gasteiger partial charge in [-0.2, -0.15) is 0 Å². The van der Waals surface area contributed by atoms with Gasteiger partial charge in [0.2, 0.25) is 0 Å². The highest BCUT2D eigenvalue weighted by atomic mass is 35.5. The zero-order chi connectivity index (χ0) is 11.4. The highest BCUT2D eigenvalue weighted by Crippen LogP contribution is 2.32. The van der Waals surface area contributed by atoms with Gasteiger partial charge in [0.05, 0.1) is 17.0 Å². The van der Waals surface area contributed by atoms with Gasteiger partial charge in [-0.15, -0.1) is 22.7 Å². The number of aliphatic hydroxyl groups excluding tert-OH is 1. The molecule has 2 heterocycles. The van der Waals surface area contributed by atoms with Gasteiger partial charge in [0.25, 0.3) is 0 Å². The van der Waals surface area contributed by atoms with Crippen molar-refractivity contribution in [1.29, 1.82) is 0 Å². The molecular weight excluding hydrogens is 262 g/mol. The van der Waals surface area contributed by atoms with Crippen molar-refractivity contribution in [3.8, 4) is 0 Å². The van der Waals surface area contributed by atoms with Crippen molar-refractivity contribution in [3.63, 3.8) is 0 Å². The fourth-order valence-electron chi connectivity index (χ4n) is 1.49. The van der Waals surface area contributed by atoms with E-state index in [9.17, 15) is 0 Å². The number of rotatable bonds is 5. The molecule has 1 atom stereocenters.